The van der Waals surface area contributed by atoms with Gasteiger partial charge in [0.15, 0.2) is 0 Å². The minimum Gasteiger partial charge on any atom is -0.323 e. The largest absolute Gasteiger partial charge is 0.323 e. The summed E-state index contributed by atoms with van der Waals surface area (Å²) in [5, 5.41) is 1.04. The van der Waals surface area contributed by atoms with Crippen molar-refractivity contribution in [3.8, 4) is 0 Å². The Bertz CT molecular complexity index is 577. The highest BCUT2D eigenvalue weighted by molar-refractivity contribution is 7.99. The van der Waals surface area contributed by atoms with Gasteiger partial charge in [0.05, 0.1) is 5.02 Å². The molecule has 100 valence electrons. The maximum absolute atomic E-state index is 13.7. The molecule has 2 aromatic rings. The minimum atomic E-state index is -0.404. The van der Waals surface area contributed by atoms with Gasteiger partial charge in [0.25, 0.3) is 0 Å². The normalized spacial score (nSPS) is 12.4. The molecule has 0 aromatic heterocycles. The summed E-state index contributed by atoms with van der Waals surface area (Å²) in [5.74, 6) is 0.169. The van der Waals surface area contributed by atoms with Gasteiger partial charge >= 0.3 is 0 Å². The first kappa shape index (κ1) is 14.7. The molecule has 0 amide bonds. The molecule has 0 fully saturated rings. The van der Waals surface area contributed by atoms with Crippen LogP contribution in [0.15, 0.2) is 47.4 Å². The average molecular weight is 316 g/mol. The lowest BCUT2D eigenvalue weighted by molar-refractivity contribution is 0.595. The SMILES string of the molecule is NC(CSc1ccccc1Cl)c1ccc(Cl)cc1F. The molecule has 2 aromatic carbocycles. The number of halogens is 3. The van der Waals surface area contributed by atoms with Crippen LogP contribution < -0.4 is 5.73 Å². The maximum atomic E-state index is 13.7. The minimum absolute atomic E-state index is 0.368. The first-order valence-electron chi connectivity index (χ1n) is 5.66. The van der Waals surface area contributed by atoms with Crippen LogP contribution in [0.4, 0.5) is 4.39 Å². The van der Waals surface area contributed by atoms with Crippen LogP contribution in [0, 0.1) is 5.82 Å². The smallest absolute Gasteiger partial charge is 0.129 e. The Balaban J connectivity index is 2.05. The van der Waals surface area contributed by atoms with Gasteiger partial charge in [0, 0.05) is 27.3 Å². The fourth-order valence-electron chi connectivity index (χ4n) is 1.63. The molecule has 0 saturated heterocycles. The molecule has 19 heavy (non-hydrogen) atoms. The van der Waals surface area contributed by atoms with Crippen molar-refractivity contribution < 1.29 is 4.39 Å². The van der Waals surface area contributed by atoms with Crippen LogP contribution in [0.25, 0.3) is 0 Å². The molecule has 1 unspecified atom stereocenters. The van der Waals surface area contributed by atoms with E-state index >= 15 is 0 Å². The van der Waals surface area contributed by atoms with Gasteiger partial charge in [-0.25, -0.2) is 4.39 Å². The second-order valence-electron chi connectivity index (χ2n) is 4.01. The van der Waals surface area contributed by atoms with E-state index < -0.39 is 6.04 Å². The van der Waals surface area contributed by atoms with Crippen LogP contribution in [0.5, 0.6) is 0 Å². The molecule has 0 spiro atoms. The van der Waals surface area contributed by atoms with E-state index in [4.69, 9.17) is 28.9 Å². The summed E-state index contributed by atoms with van der Waals surface area (Å²) in [6.45, 7) is 0. The van der Waals surface area contributed by atoms with Gasteiger partial charge in [-0.05, 0) is 24.3 Å². The lowest BCUT2D eigenvalue weighted by Gasteiger charge is -2.13. The van der Waals surface area contributed by atoms with Gasteiger partial charge < -0.3 is 5.73 Å². The van der Waals surface area contributed by atoms with E-state index in [-0.39, 0.29) is 5.82 Å². The highest BCUT2D eigenvalue weighted by Gasteiger charge is 2.13. The van der Waals surface area contributed by atoms with E-state index in [0.717, 1.165) is 4.90 Å². The summed E-state index contributed by atoms with van der Waals surface area (Å²) in [6, 6.07) is 11.6. The van der Waals surface area contributed by atoms with Crippen molar-refractivity contribution >= 4 is 35.0 Å². The summed E-state index contributed by atoms with van der Waals surface area (Å²) in [6.07, 6.45) is 0. The van der Waals surface area contributed by atoms with Crippen molar-refractivity contribution in [3.63, 3.8) is 0 Å². The Morgan fingerprint density at radius 2 is 1.89 bits per heavy atom. The molecule has 5 heteroatoms. The first-order chi connectivity index (χ1) is 9.08. The van der Waals surface area contributed by atoms with Gasteiger partial charge in [-0.15, -0.1) is 11.8 Å². The highest BCUT2D eigenvalue weighted by Crippen LogP contribution is 2.30. The quantitative estimate of drug-likeness (QED) is 0.810. The number of rotatable bonds is 4. The third kappa shape index (κ3) is 3.86. The highest BCUT2D eigenvalue weighted by atomic mass is 35.5. The number of hydrogen-bond donors (Lipinski definition) is 1. The van der Waals surface area contributed by atoms with Crippen LogP contribution in [-0.4, -0.2) is 5.75 Å². The van der Waals surface area contributed by atoms with Gasteiger partial charge in [0.1, 0.15) is 5.82 Å². The van der Waals surface area contributed by atoms with E-state index in [1.807, 2.05) is 24.3 Å². The maximum Gasteiger partial charge on any atom is 0.129 e. The van der Waals surface area contributed by atoms with Crippen molar-refractivity contribution in [2.75, 3.05) is 5.75 Å². The van der Waals surface area contributed by atoms with Crippen LogP contribution in [0.2, 0.25) is 10.0 Å². The lowest BCUT2D eigenvalue weighted by atomic mass is 10.1. The molecule has 0 heterocycles. The molecule has 0 radical (unpaired) electrons. The van der Waals surface area contributed by atoms with Gasteiger partial charge in [0.2, 0.25) is 0 Å². The van der Waals surface area contributed by atoms with Crippen LogP contribution in [0.1, 0.15) is 11.6 Å². The van der Waals surface area contributed by atoms with Crippen molar-refractivity contribution in [3.05, 3.63) is 63.9 Å². The monoisotopic (exact) mass is 315 g/mol. The predicted octanol–water partition coefficient (Wildman–Crippen LogP) is 4.92. The molecular weight excluding hydrogens is 304 g/mol. The summed E-state index contributed by atoms with van der Waals surface area (Å²) in [5.41, 5.74) is 6.46. The third-order valence-electron chi connectivity index (χ3n) is 2.62. The first-order valence-corrected chi connectivity index (χ1v) is 7.40. The Kier molecular flexibility index (Phi) is 5.11. The molecule has 2 rings (SSSR count). The molecule has 1 atom stereocenters. The zero-order chi connectivity index (χ0) is 13.8. The second-order valence-corrected chi connectivity index (χ2v) is 5.92. The molecular formula is C14H12Cl2FNS. The zero-order valence-corrected chi connectivity index (χ0v) is 12.3. The number of benzene rings is 2. The summed E-state index contributed by atoms with van der Waals surface area (Å²) >= 11 is 13.3. The Morgan fingerprint density at radius 1 is 1.16 bits per heavy atom. The second kappa shape index (κ2) is 6.62. The topological polar surface area (TPSA) is 26.0 Å². The Morgan fingerprint density at radius 3 is 2.58 bits per heavy atom. The summed E-state index contributed by atoms with van der Waals surface area (Å²) < 4.78 is 13.7. The number of nitrogens with two attached hydrogens (primary N) is 1. The van der Waals surface area contributed by atoms with Gasteiger partial charge in [-0.1, -0.05) is 41.4 Å². The van der Waals surface area contributed by atoms with Crippen molar-refractivity contribution in [1.82, 2.24) is 0 Å². The van der Waals surface area contributed by atoms with Crippen molar-refractivity contribution in [1.29, 1.82) is 0 Å². The van der Waals surface area contributed by atoms with Crippen LogP contribution >= 0.6 is 35.0 Å². The van der Waals surface area contributed by atoms with E-state index in [1.54, 1.807) is 12.1 Å². The molecule has 1 nitrogen and oxygen atoms in total. The standard InChI is InChI=1S/C14H12Cl2FNS/c15-9-5-6-10(12(17)7-9)13(18)8-19-14-4-2-1-3-11(14)16/h1-7,13H,8,18H2. The predicted molar refractivity (Wildman–Crippen MR) is 80.5 cm³/mol. The van der Waals surface area contributed by atoms with Gasteiger partial charge in [-0.2, -0.15) is 0 Å². The van der Waals surface area contributed by atoms with Crippen molar-refractivity contribution in [2.24, 2.45) is 5.73 Å². The molecule has 0 aliphatic heterocycles. The summed E-state index contributed by atoms with van der Waals surface area (Å²) in [7, 11) is 0. The number of thioether (sulfide) groups is 1. The number of hydrogen-bond acceptors (Lipinski definition) is 2. The lowest BCUT2D eigenvalue weighted by Crippen LogP contribution is -2.14. The van der Waals surface area contributed by atoms with Crippen LogP contribution in [0.3, 0.4) is 0 Å². The molecule has 0 bridgehead atoms. The Labute approximate surface area is 125 Å². The molecule has 0 saturated carbocycles. The molecule has 2 N–H and O–H groups in total. The van der Waals surface area contributed by atoms with Gasteiger partial charge in [-0.3, -0.25) is 0 Å². The van der Waals surface area contributed by atoms with E-state index in [1.165, 1.54) is 17.8 Å². The van der Waals surface area contributed by atoms with E-state index in [2.05, 4.69) is 0 Å². The summed E-state index contributed by atoms with van der Waals surface area (Å²) in [4.78, 5) is 0.939. The fourth-order valence-corrected chi connectivity index (χ4v) is 3.01. The fraction of sp³-hybridized carbons (Fsp3) is 0.143. The molecule has 0 aliphatic rings. The zero-order valence-electron chi connectivity index (χ0n) is 9.95. The van der Waals surface area contributed by atoms with E-state index in [0.29, 0.717) is 21.4 Å². The Hall–Kier alpha value is -0.740. The average Bonchev–Trinajstić information content (AvgIpc) is 2.37. The van der Waals surface area contributed by atoms with Crippen LogP contribution in [-0.2, 0) is 0 Å². The molecule has 0 aliphatic carbocycles. The van der Waals surface area contributed by atoms with Crippen molar-refractivity contribution in [2.45, 2.75) is 10.9 Å². The third-order valence-corrected chi connectivity index (χ3v) is 4.49. The van der Waals surface area contributed by atoms with E-state index in [9.17, 15) is 4.39 Å².